The van der Waals surface area contributed by atoms with Crippen LogP contribution in [0.15, 0.2) is 48.5 Å². The predicted molar refractivity (Wildman–Crippen MR) is 84.7 cm³/mol. The fourth-order valence-electron chi connectivity index (χ4n) is 4.58. The van der Waals surface area contributed by atoms with Gasteiger partial charge in [0, 0.05) is 22.3 Å². The highest BCUT2D eigenvalue weighted by Crippen LogP contribution is 2.77. The molecule has 0 amide bonds. The maximum atomic E-state index is 15.6. The van der Waals surface area contributed by atoms with Gasteiger partial charge in [0.25, 0.3) is 23.7 Å². The van der Waals surface area contributed by atoms with Crippen LogP contribution in [0.5, 0.6) is 0 Å². The first kappa shape index (κ1) is 19.2. The summed E-state index contributed by atoms with van der Waals surface area (Å²) in [5.74, 6) is -18.8. The molecule has 0 saturated heterocycles. The van der Waals surface area contributed by atoms with Crippen molar-refractivity contribution >= 4 is 0 Å². The summed E-state index contributed by atoms with van der Waals surface area (Å²) in [5.41, 5.74) is -12.4. The average Bonchev–Trinajstić information content (AvgIpc) is 2.65. The Kier molecular flexibility index (Phi) is 3.35. The first-order valence-electron chi connectivity index (χ1n) is 8.40. The van der Waals surface area contributed by atoms with Crippen LogP contribution >= 0.6 is 0 Å². The molecule has 0 saturated carbocycles. The Bertz CT molecular complexity index is 792. The maximum Gasteiger partial charge on any atom is 0.285 e. The Balaban J connectivity index is 2.29. The fourth-order valence-corrected chi connectivity index (χ4v) is 4.58. The molecule has 0 aliphatic heterocycles. The maximum absolute atomic E-state index is 15.6. The number of alkyl halides is 8. The van der Waals surface area contributed by atoms with E-state index in [2.05, 4.69) is 0 Å². The van der Waals surface area contributed by atoms with Crippen LogP contribution in [0.4, 0.5) is 35.1 Å². The van der Waals surface area contributed by atoms with Gasteiger partial charge in [0.2, 0.25) is 0 Å². The quantitative estimate of drug-likeness (QED) is 0.423. The summed E-state index contributed by atoms with van der Waals surface area (Å²) in [7, 11) is 0. The van der Waals surface area contributed by atoms with Crippen LogP contribution in [0.2, 0.25) is 0 Å². The van der Waals surface area contributed by atoms with Gasteiger partial charge < -0.3 is 0 Å². The molecule has 4 bridgehead atoms. The van der Waals surface area contributed by atoms with E-state index >= 15 is 35.1 Å². The van der Waals surface area contributed by atoms with Crippen LogP contribution in [0.25, 0.3) is 0 Å². The summed E-state index contributed by atoms with van der Waals surface area (Å²) in [6, 6.07) is 4.69. The summed E-state index contributed by atoms with van der Waals surface area (Å²) in [6.07, 6.45) is 0. The number of benzene rings is 2. The molecule has 8 heteroatoms. The molecule has 0 heterocycles. The zero-order chi connectivity index (χ0) is 21.0. The molecule has 0 N–H and O–H groups in total. The van der Waals surface area contributed by atoms with Gasteiger partial charge in [0.05, 0.1) is 0 Å². The molecule has 150 valence electrons. The van der Waals surface area contributed by atoms with Gasteiger partial charge in [0.15, 0.2) is 0 Å². The van der Waals surface area contributed by atoms with Gasteiger partial charge in [0.1, 0.15) is 10.8 Å². The molecular formula is C20H14F8. The van der Waals surface area contributed by atoms with E-state index < -0.39 is 56.8 Å². The first-order chi connectivity index (χ1) is 12.7. The van der Waals surface area contributed by atoms with E-state index in [4.69, 9.17) is 0 Å². The molecular weight excluding hydrogens is 392 g/mol. The average molecular weight is 406 g/mol. The molecule has 28 heavy (non-hydrogen) atoms. The Hall–Kier alpha value is -2.12. The van der Waals surface area contributed by atoms with Crippen molar-refractivity contribution in [3.8, 4) is 0 Å². The second-order valence-corrected chi connectivity index (χ2v) is 7.70. The number of halogens is 8. The predicted octanol–water partition coefficient (Wildman–Crippen LogP) is 6.79. The molecule has 2 aromatic rings. The Morgan fingerprint density at radius 1 is 0.393 bits per heavy atom. The van der Waals surface area contributed by atoms with Crippen LogP contribution in [0.1, 0.15) is 36.1 Å². The smallest absolute Gasteiger partial charge is 0.200 e. The highest BCUT2D eigenvalue weighted by molar-refractivity contribution is 5.44. The van der Waals surface area contributed by atoms with E-state index in [1.54, 1.807) is 0 Å². The van der Waals surface area contributed by atoms with Crippen molar-refractivity contribution in [3.05, 3.63) is 70.8 Å². The minimum absolute atomic E-state index is 0.140. The molecule has 6 rings (SSSR count). The zero-order valence-electron chi connectivity index (χ0n) is 14.6. The number of hydrogen-bond acceptors (Lipinski definition) is 0. The largest absolute Gasteiger partial charge is 0.285 e. The molecule has 2 aromatic carbocycles. The highest BCUT2D eigenvalue weighted by Gasteiger charge is 2.86. The normalized spacial score (nSPS) is 33.4. The van der Waals surface area contributed by atoms with Gasteiger partial charge >= 0.3 is 0 Å². The van der Waals surface area contributed by atoms with E-state index in [1.807, 2.05) is 0 Å². The minimum atomic E-state index is -4.70. The van der Waals surface area contributed by atoms with Crippen molar-refractivity contribution < 1.29 is 35.1 Å². The lowest BCUT2D eigenvalue weighted by Crippen LogP contribution is -2.69. The highest BCUT2D eigenvalue weighted by atomic mass is 19.3. The van der Waals surface area contributed by atoms with Gasteiger partial charge in [-0.05, 0) is 13.8 Å². The lowest BCUT2D eigenvalue weighted by atomic mass is 9.48. The SMILES string of the molecule is CC12C(F)(F)c3ccc(cc3)C(F)(F)C1(C)C(F)(F)c1ccc(cc1)C2(F)F. The van der Waals surface area contributed by atoms with E-state index in [9.17, 15) is 0 Å². The molecule has 0 atom stereocenters. The summed E-state index contributed by atoms with van der Waals surface area (Å²) in [6.45, 7) is 0.279. The molecule has 4 aliphatic carbocycles. The number of rotatable bonds is 0. The van der Waals surface area contributed by atoms with E-state index in [0.717, 1.165) is 0 Å². The van der Waals surface area contributed by atoms with Gasteiger partial charge in [-0.2, -0.15) is 0 Å². The van der Waals surface area contributed by atoms with Crippen molar-refractivity contribution in [3.63, 3.8) is 0 Å². The molecule has 0 nitrogen and oxygen atoms in total. The minimum Gasteiger partial charge on any atom is -0.200 e. The second-order valence-electron chi connectivity index (χ2n) is 7.70. The van der Waals surface area contributed by atoms with Gasteiger partial charge in [-0.15, -0.1) is 0 Å². The molecule has 0 spiro atoms. The van der Waals surface area contributed by atoms with Crippen molar-refractivity contribution in [1.82, 2.24) is 0 Å². The van der Waals surface area contributed by atoms with Crippen molar-refractivity contribution in [2.24, 2.45) is 10.8 Å². The Labute approximate surface area is 155 Å². The van der Waals surface area contributed by atoms with Gasteiger partial charge in [-0.3, -0.25) is 0 Å². The topological polar surface area (TPSA) is 0 Å². The summed E-state index contributed by atoms with van der Waals surface area (Å²) in [4.78, 5) is 0. The van der Waals surface area contributed by atoms with E-state index in [1.165, 1.54) is 0 Å². The third-order valence-corrected chi connectivity index (χ3v) is 6.73. The first-order valence-corrected chi connectivity index (χ1v) is 8.40. The zero-order valence-corrected chi connectivity index (χ0v) is 14.6. The monoisotopic (exact) mass is 406 g/mol. The Morgan fingerprint density at radius 2 is 0.536 bits per heavy atom. The molecule has 0 unspecified atom stereocenters. The van der Waals surface area contributed by atoms with Gasteiger partial charge in [-0.25, -0.2) is 35.1 Å². The summed E-state index contributed by atoms with van der Waals surface area (Å²) in [5, 5.41) is 0. The third-order valence-electron chi connectivity index (χ3n) is 6.73. The Morgan fingerprint density at radius 3 is 0.679 bits per heavy atom. The van der Waals surface area contributed by atoms with Crippen LogP contribution in [0.3, 0.4) is 0 Å². The molecule has 0 aromatic heterocycles. The second kappa shape index (κ2) is 4.89. The van der Waals surface area contributed by atoms with Crippen molar-refractivity contribution in [2.75, 3.05) is 0 Å². The van der Waals surface area contributed by atoms with Crippen LogP contribution in [-0.4, -0.2) is 0 Å². The van der Waals surface area contributed by atoms with Crippen molar-refractivity contribution in [2.45, 2.75) is 37.5 Å². The van der Waals surface area contributed by atoms with Crippen molar-refractivity contribution in [1.29, 1.82) is 0 Å². The van der Waals surface area contributed by atoms with Crippen LogP contribution in [-0.2, 0) is 23.7 Å². The lowest BCUT2D eigenvalue weighted by Gasteiger charge is -2.60. The van der Waals surface area contributed by atoms with Gasteiger partial charge in [-0.1, -0.05) is 48.5 Å². The standard InChI is InChI=1S/C20H14F8/c1-15-16(2,19(25,26)13-7-3-11(4-8-13)17(15,21)22)20(27,28)14-9-5-12(6-10-14)18(15,23)24/h3-10H,1-2H3. The summed E-state index contributed by atoms with van der Waals surface area (Å²) < 4.78 is 124. The van der Waals surface area contributed by atoms with Crippen LogP contribution in [0, 0.1) is 10.8 Å². The molecule has 4 aliphatic rings. The number of fused-ring (bicyclic) bond motifs is 4. The molecule has 0 fully saturated rings. The van der Waals surface area contributed by atoms with E-state index in [0.29, 0.717) is 48.5 Å². The number of hydrogen-bond donors (Lipinski definition) is 0. The van der Waals surface area contributed by atoms with E-state index in [-0.39, 0.29) is 13.8 Å². The van der Waals surface area contributed by atoms with Crippen LogP contribution < -0.4 is 0 Å². The lowest BCUT2D eigenvalue weighted by molar-refractivity contribution is -0.393. The third kappa shape index (κ3) is 1.66. The summed E-state index contributed by atoms with van der Waals surface area (Å²) >= 11 is 0. The fraction of sp³-hybridized carbons (Fsp3) is 0.400. The molecule has 0 radical (unpaired) electrons.